The molecular weight excluding hydrogens is 345 g/mol. The molecule has 1 atom stereocenters. The van der Waals surface area contributed by atoms with E-state index in [4.69, 9.17) is 0 Å². The van der Waals surface area contributed by atoms with Gasteiger partial charge in [-0.15, -0.1) is 0 Å². The monoisotopic (exact) mass is 361 g/mol. The van der Waals surface area contributed by atoms with Crippen LogP contribution in [0.2, 0.25) is 0 Å². The Kier molecular flexibility index (Phi) is 4.55. The summed E-state index contributed by atoms with van der Waals surface area (Å²) in [6.07, 6.45) is 0.638. The largest absolute Gasteiger partial charge is 0.341 e. The third kappa shape index (κ3) is 3.54. The average Bonchev–Trinajstić information content (AvgIpc) is 2.91. The number of aromatic nitrogens is 2. The number of H-pyrrole nitrogens is 1. The normalized spacial score (nSPS) is 12.7. The van der Waals surface area contributed by atoms with Crippen molar-refractivity contribution in [2.75, 3.05) is 0 Å². The number of imidazole rings is 1. The molecule has 2 N–H and O–H groups in total. The van der Waals surface area contributed by atoms with Crippen LogP contribution in [0.4, 0.5) is 4.39 Å². The van der Waals surface area contributed by atoms with Crippen LogP contribution in [0, 0.1) is 5.82 Å². The molecule has 3 rings (SSSR count). The lowest BCUT2D eigenvalue weighted by molar-refractivity contribution is 0.519. The molecule has 2 aromatic carbocycles. The van der Waals surface area contributed by atoms with Gasteiger partial charge in [0.05, 0.1) is 17.6 Å². The Labute approximate surface area is 137 Å². The van der Waals surface area contributed by atoms with Crippen molar-refractivity contribution in [3.63, 3.8) is 0 Å². The summed E-state index contributed by atoms with van der Waals surface area (Å²) in [6, 6.07) is 13.3. The standard InChI is InChI=1S/C17H17BrFN3/c1-11(8-12-6-7-13(18)9-14(12)19)20-10-17-21-15-4-2-3-5-16(15)22-17/h2-7,9,11,20H,8,10H2,1H3,(H,21,22)/t11-/m0/s1. The lowest BCUT2D eigenvalue weighted by Crippen LogP contribution is -2.28. The molecular formula is C17H17BrFN3. The van der Waals surface area contributed by atoms with Crippen molar-refractivity contribution in [3.8, 4) is 0 Å². The number of nitrogens with zero attached hydrogens (tertiary/aromatic N) is 1. The van der Waals surface area contributed by atoms with Gasteiger partial charge in [-0.1, -0.05) is 34.1 Å². The van der Waals surface area contributed by atoms with Gasteiger partial charge in [0.25, 0.3) is 0 Å². The van der Waals surface area contributed by atoms with Crippen molar-refractivity contribution in [3.05, 3.63) is 64.1 Å². The Balaban J connectivity index is 1.60. The summed E-state index contributed by atoms with van der Waals surface area (Å²) in [5.41, 5.74) is 2.71. The predicted molar refractivity (Wildman–Crippen MR) is 90.2 cm³/mol. The number of nitrogens with one attached hydrogen (secondary N) is 2. The fourth-order valence-corrected chi connectivity index (χ4v) is 2.78. The molecule has 0 unspecified atom stereocenters. The van der Waals surface area contributed by atoms with Gasteiger partial charge in [-0.2, -0.15) is 0 Å². The highest BCUT2D eigenvalue weighted by Gasteiger charge is 2.09. The number of fused-ring (bicyclic) bond motifs is 1. The molecule has 0 aliphatic heterocycles. The summed E-state index contributed by atoms with van der Waals surface area (Å²) >= 11 is 3.27. The summed E-state index contributed by atoms with van der Waals surface area (Å²) in [5, 5.41) is 3.38. The maximum absolute atomic E-state index is 13.8. The van der Waals surface area contributed by atoms with E-state index in [1.807, 2.05) is 43.3 Å². The van der Waals surface area contributed by atoms with Gasteiger partial charge in [0.15, 0.2) is 0 Å². The first-order valence-corrected chi connectivity index (χ1v) is 8.02. The fraction of sp³-hybridized carbons (Fsp3) is 0.235. The molecule has 0 fully saturated rings. The first-order chi connectivity index (χ1) is 10.6. The zero-order chi connectivity index (χ0) is 15.5. The number of benzene rings is 2. The Bertz CT molecular complexity index is 751. The van der Waals surface area contributed by atoms with Crippen LogP contribution in [0.5, 0.6) is 0 Å². The average molecular weight is 362 g/mol. The van der Waals surface area contributed by atoms with Crippen LogP contribution >= 0.6 is 15.9 Å². The van der Waals surface area contributed by atoms with Crippen LogP contribution in [0.3, 0.4) is 0 Å². The molecule has 114 valence electrons. The molecule has 0 spiro atoms. The molecule has 0 aliphatic rings. The van der Waals surface area contributed by atoms with E-state index in [-0.39, 0.29) is 11.9 Å². The minimum atomic E-state index is -0.174. The number of aromatic amines is 1. The van der Waals surface area contributed by atoms with Crippen molar-refractivity contribution in [1.29, 1.82) is 0 Å². The molecule has 3 aromatic rings. The number of hydrogen-bond acceptors (Lipinski definition) is 2. The Morgan fingerprint density at radius 2 is 2.09 bits per heavy atom. The van der Waals surface area contributed by atoms with E-state index in [2.05, 4.69) is 31.2 Å². The van der Waals surface area contributed by atoms with Crippen molar-refractivity contribution < 1.29 is 4.39 Å². The van der Waals surface area contributed by atoms with Gasteiger partial charge >= 0.3 is 0 Å². The topological polar surface area (TPSA) is 40.7 Å². The van der Waals surface area contributed by atoms with Gasteiger partial charge in [0, 0.05) is 10.5 Å². The molecule has 0 amide bonds. The quantitative estimate of drug-likeness (QED) is 0.715. The maximum atomic E-state index is 13.8. The SMILES string of the molecule is C[C@@H](Cc1ccc(Br)cc1F)NCc1nc2ccccc2[nH]1. The zero-order valence-electron chi connectivity index (χ0n) is 12.2. The molecule has 1 heterocycles. The number of rotatable bonds is 5. The molecule has 1 aromatic heterocycles. The van der Waals surface area contributed by atoms with Crippen LogP contribution in [-0.4, -0.2) is 16.0 Å². The lowest BCUT2D eigenvalue weighted by atomic mass is 10.1. The first-order valence-electron chi connectivity index (χ1n) is 7.23. The zero-order valence-corrected chi connectivity index (χ0v) is 13.8. The van der Waals surface area contributed by atoms with Gasteiger partial charge in [0.2, 0.25) is 0 Å². The van der Waals surface area contributed by atoms with Gasteiger partial charge in [-0.25, -0.2) is 9.37 Å². The summed E-state index contributed by atoms with van der Waals surface area (Å²) in [5.74, 6) is 0.719. The maximum Gasteiger partial charge on any atom is 0.127 e. The van der Waals surface area contributed by atoms with E-state index >= 15 is 0 Å². The molecule has 0 saturated carbocycles. The van der Waals surface area contributed by atoms with Crippen LogP contribution in [-0.2, 0) is 13.0 Å². The Morgan fingerprint density at radius 3 is 2.86 bits per heavy atom. The summed E-state index contributed by atoms with van der Waals surface area (Å²) in [4.78, 5) is 7.80. The summed E-state index contributed by atoms with van der Waals surface area (Å²) in [7, 11) is 0. The second-order valence-corrected chi connectivity index (χ2v) is 6.34. The Hall–Kier alpha value is -1.72. The third-order valence-electron chi connectivity index (χ3n) is 3.60. The fourth-order valence-electron chi connectivity index (χ4n) is 2.45. The van der Waals surface area contributed by atoms with E-state index in [0.717, 1.165) is 21.3 Å². The lowest BCUT2D eigenvalue weighted by Gasteiger charge is -2.13. The van der Waals surface area contributed by atoms with Crippen LogP contribution < -0.4 is 5.32 Å². The molecule has 0 saturated heterocycles. The third-order valence-corrected chi connectivity index (χ3v) is 4.09. The second-order valence-electron chi connectivity index (χ2n) is 5.42. The smallest absolute Gasteiger partial charge is 0.127 e. The van der Waals surface area contributed by atoms with Crippen molar-refractivity contribution >= 4 is 27.0 Å². The van der Waals surface area contributed by atoms with Gasteiger partial charge in [-0.3, -0.25) is 0 Å². The molecule has 22 heavy (non-hydrogen) atoms. The van der Waals surface area contributed by atoms with E-state index in [1.165, 1.54) is 6.07 Å². The van der Waals surface area contributed by atoms with E-state index in [9.17, 15) is 4.39 Å². The predicted octanol–water partition coefficient (Wildman–Crippen LogP) is 4.19. The van der Waals surface area contributed by atoms with Crippen molar-refractivity contribution in [2.45, 2.75) is 25.9 Å². The highest BCUT2D eigenvalue weighted by Crippen LogP contribution is 2.17. The van der Waals surface area contributed by atoms with Crippen LogP contribution in [0.1, 0.15) is 18.3 Å². The minimum absolute atomic E-state index is 0.156. The molecule has 5 heteroatoms. The van der Waals surface area contributed by atoms with Crippen molar-refractivity contribution in [2.24, 2.45) is 0 Å². The number of para-hydroxylation sites is 2. The number of halogens is 2. The van der Waals surface area contributed by atoms with Gasteiger partial charge in [-0.05, 0) is 43.2 Å². The summed E-state index contributed by atoms with van der Waals surface area (Å²) < 4.78 is 14.6. The van der Waals surface area contributed by atoms with Crippen LogP contribution in [0.15, 0.2) is 46.9 Å². The number of hydrogen-bond donors (Lipinski definition) is 2. The molecule has 0 bridgehead atoms. The second kappa shape index (κ2) is 6.58. The van der Waals surface area contributed by atoms with E-state index < -0.39 is 0 Å². The van der Waals surface area contributed by atoms with E-state index in [0.29, 0.717) is 18.5 Å². The van der Waals surface area contributed by atoms with E-state index in [1.54, 1.807) is 0 Å². The van der Waals surface area contributed by atoms with Gasteiger partial charge in [0.1, 0.15) is 11.6 Å². The highest BCUT2D eigenvalue weighted by atomic mass is 79.9. The highest BCUT2D eigenvalue weighted by molar-refractivity contribution is 9.10. The Morgan fingerprint density at radius 1 is 1.27 bits per heavy atom. The summed E-state index contributed by atoms with van der Waals surface area (Å²) in [6.45, 7) is 2.68. The van der Waals surface area contributed by atoms with Crippen LogP contribution in [0.25, 0.3) is 11.0 Å². The molecule has 0 radical (unpaired) electrons. The van der Waals surface area contributed by atoms with Crippen molar-refractivity contribution in [1.82, 2.24) is 15.3 Å². The van der Waals surface area contributed by atoms with Gasteiger partial charge < -0.3 is 10.3 Å². The molecule has 0 aliphatic carbocycles. The molecule has 3 nitrogen and oxygen atoms in total. The first kappa shape index (κ1) is 15.2. The minimum Gasteiger partial charge on any atom is -0.341 e.